The number of morpholine rings is 1. The summed E-state index contributed by atoms with van der Waals surface area (Å²) in [7, 11) is 0. The van der Waals surface area contributed by atoms with Gasteiger partial charge < -0.3 is 10.1 Å². The average molecular weight is 457 g/mol. The summed E-state index contributed by atoms with van der Waals surface area (Å²) in [6.45, 7) is 5.33. The Morgan fingerprint density at radius 2 is 1.61 bits per heavy atom. The van der Waals surface area contributed by atoms with Gasteiger partial charge in [-0.3, -0.25) is 14.9 Å². The van der Waals surface area contributed by atoms with Crippen LogP contribution in [0.25, 0.3) is 0 Å². The fourth-order valence-electron chi connectivity index (χ4n) is 3.97. The van der Waals surface area contributed by atoms with Crippen molar-refractivity contribution >= 4 is 34.7 Å². The average Bonchev–Trinajstić information content (AvgIpc) is 3.05. The van der Waals surface area contributed by atoms with Gasteiger partial charge in [0.25, 0.3) is 0 Å². The smallest absolute Gasteiger partial charge is 0.107 e. The zero-order chi connectivity index (χ0) is 22.3. The molecule has 0 spiro atoms. The van der Waals surface area contributed by atoms with Crippen LogP contribution in [0.1, 0.15) is 12.0 Å². The number of benzene rings is 3. The van der Waals surface area contributed by atoms with Crippen LogP contribution in [0.2, 0.25) is 0 Å². The molecule has 0 aromatic heterocycles. The highest BCUT2D eigenvalue weighted by atomic mass is 32.2. The molecule has 0 atom stereocenters. The molecule has 33 heavy (non-hydrogen) atoms. The molecule has 0 radical (unpaired) electrons. The minimum Gasteiger partial charge on any atom is -0.379 e. The summed E-state index contributed by atoms with van der Waals surface area (Å²) in [4.78, 5) is 14.8. The molecule has 0 saturated carbocycles. The predicted octanol–water partition coefficient (Wildman–Crippen LogP) is 5.50. The second-order valence-electron chi connectivity index (χ2n) is 8.10. The number of amidine groups is 1. The summed E-state index contributed by atoms with van der Waals surface area (Å²) in [6.07, 6.45) is 0.683. The number of anilines is 1. The summed E-state index contributed by atoms with van der Waals surface area (Å²) in [5.74, 6) is 0.967. The Balaban J connectivity index is 1.34. The largest absolute Gasteiger partial charge is 0.379 e. The molecule has 5 nitrogen and oxygen atoms in total. The first-order chi connectivity index (χ1) is 16.3. The third-order valence-corrected chi connectivity index (χ3v) is 6.78. The Morgan fingerprint density at radius 3 is 2.42 bits per heavy atom. The van der Waals surface area contributed by atoms with Crippen LogP contribution in [-0.4, -0.2) is 55.8 Å². The Bertz CT molecular complexity index is 1120. The highest BCUT2D eigenvalue weighted by Gasteiger charge is 2.16. The van der Waals surface area contributed by atoms with E-state index in [0.29, 0.717) is 6.42 Å². The van der Waals surface area contributed by atoms with Gasteiger partial charge in [0.15, 0.2) is 0 Å². The van der Waals surface area contributed by atoms with Crippen molar-refractivity contribution in [2.24, 2.45) is 9.98 Å². The molecule has 1 saturated heterocycles. The molecule has 3 aromatic carbocycles. The highest BCUT2D eigenvalue weighted by molar-refractivity contribution is 7.99. The summed E-state index contributed by atoms with van der Waals surface area (Å²) in [5.41, 5.74) is 4.13. The van der Waals surface area contributed by atoms with Crippen molar-refractivity contribution in [2.45, 2.75) is 16.2 Å². The number of fused-ring (bicyclic) bond motifs is 1. The van der Waals surface area contributed by atoms with Crippen molar-refractivity contribution in [3.05, 3.63) is 84.4 Å². The Hall–Kier alpha value is -2.93. The first kappa shape index (κ1) is 21.9. The topological polar surface area (TPSA) is 49.2 Å². The SMILES string of the molecule is c1ccc(Sc2ccc(C3=Nc4ccccc4NC(=NCCN4CCOCC4)C3)cc2)cc1. The van der Waals surface area contributed by atoms with Gasteiger partial charge >= 0.3 is 0 Å². The quantitative estimate of drug-likeness (QED) is 0.532. The molecule has 0 amide bonds. The number of ether oxygens (including phenoxy) is 1. The van der Waals surface area contributed by atoms with E-state index in [1.165, 1.54) is 9.79 Å². The molecule has 2 aliphatic rings. The third kappa shape index (κ3) is 5.90. The number of rotatable bonds is 6. The molecule has 1 N–H and O–H groups in total. The van der Waals surface area contributed by atoms with Gasteiger partial charge in [-0.05, 0) is 42.0 Å². The Labute approximate surface area is 199 Å². The van der Waals surface area contributed by atoms with Gasteiger partial charge in [-0.1, -0.05) is 54.2 Å². The molecule has 5 rings (SSSR count). The van der Waals surface area contributed by atoms with Crippen LogP contribution in [0.4, 0.5) is 11.4 Å². The minimum absolute atomic E-state index is 0.683. The van der Waals surface area contributed by atoms with E-state index >= 15 is 0 Å². The fraction of sp³-hybridized carbons (Fsp3) is 0.259. The first-order valence-corrected chi connectivity index (χ1v) is 12.3. The van der Waals surface area contributed by atoms with Crippen LogP contribution in [0.5, 0.6) is 0 Å². The van der Waals surface area contributed by atoms with E-state index in [9.17, 15) is 0 Å². The van der Waals surface area contributed by atoms with Gasteiger partial charge in [0.1, 0.15) is 5.84 Å². The van der Waals surface area contributed by atoms with E-state index in [1.54, 1.807) is 11.8 Å². The van der Waals surface area contributed by atoms with Gasteiger partial charge in [-0.2, -0.15) is 0 Å². The zero-order valence-electron chi connectivity index (χ0n) is 18.6. The lowest BCUT2D eigenvalue weighted by atomic mass is 10.1. The first-order valence-electron chi connectivity index (χ1n) is 11.4. The number of hydrogen-bond donors (Lipinski definition) is 1. The van der Waals surface area contributed by atoms with Gasteiger partial charge in [0.2, 0.25) is 0 Å². The lowest BCUT2D eigenvalue weighted by Gasteiger charge is -2.25. The van der Waals surface area contributed by atoms with E-state index in [1.807, 2.05) is 18.2 Å². The molecule has 2 heterocycles. The van der Waals surface area contributed by atoms with Gasteiger partial charge in [-0.15, -0.1) is 0 Å². The van der Waals surface area contributed by atoms with Gasteiger partial charge in [-0.25, -0.2) is 0 Å². The molecule has 1 fully saturated rings. The Kier molecular flexibility index (Phi) is 7.16. The van der Waals surface area contributed by atoms with E-state index in [0.717, 1.165) is 67.9 Å². The monoisotopic (exact) mass is 456 g/mol. The van der Waals surface area contributed by atoms with Gasteiger partial charge in [0.05, 0.1) is 36.8 Å². The van der Waals surface area contributed by atoms with Crippen LogP contribution in [-0.2, 0) is 4.74 Å². The lowest BCUT2D eigenvalue weighted by Crippen LogP contribution is -2.38. The maximum Gasteiger partial charge on any atom is 0.107 e. The van der Waals surface area contributed by atoms with E-state index in [2.05, 4.69) is 70.9 Å². The summed E-state index contributed by atoms with van der Waals surface area (Å²) in [5, 5.41) is 3.53. The molecule has 168 valence electrons. The molecule has 0 aliphatic carbocycles. The zero-order valence-corrected chi connectivity index (χ0v) is 19.4. The predicted molar refractivity (Wildman–Crippen MR) is 137 cm³/mol. The van der Waals surface area contributed by atoms with Crippen LogP contribution in [0.15, 0.2) is 98.6 Å². The van der Waals surface area contributed by atoms with Crippen LogP contribution < -0.4 is 5.32 Å². The number of aliphatic imine (C=N–C) groups is 2. The Morgan fingerprint density at radius 1 is 0.879 bits per heavy atom. The van der Waals surface area contributed by atoms with Crippen molar-refractivity contribution in [1.82, 2.24) is 4.90 Å². The summed E-state index contributed by atoms with van der Waals surface area (Å²) < 4.78 is 5.45. The maximum absolute atomic E-state index is 5.45. The highest BCUT2D eigenvalue weighted by Crippen LogP contribution is 2.31. The second kappa shape index (κ2) is 10.8. The molecular weight excluding hydrogens is 428 g/mol. The number of hydrogen-bond acceptors (Lipinski definition) is 5. The van der Waals surface area contributed by atoms with Gasteiger partial charge in [0, 0.05) is 35.8 Å². The second-order valence-corrected chi connectivity index (χ2v) is 9.25. The third-order valence-electron chi connectivity index (χ3n) is 5.76. The summed E-state index contributed by atoms with van der Waals surface area (Å²) >= 11 is 1.77. The standard InChI is InChI=1S/C27H28N4OS/c1-2-6-22(7-3-1)33-23-12-10-21(11-13-23)26-20-27(28-14-15-31-16-18-32-19-17-31)30-25-9-5-4-8-24(25)29-26/h1-13H,14-20H2,(H,28,30). The minimum atomic E-state index is 0.683. The molecular formula is C27H28N4OS. The molecule has 2 aliphatic heterocycles. The van der Waals surface area contributed by atoms with Crippen molar-refractivity contribution < 1.29 is 4.74 Å². The fourth-order valence-corrected chi connectivity index (χ4v) is 4.81. The maximum atomic E-state index is 5.45. The van der Waals surface area contributed by atoms with Crippen LogP contribution in [0.3, 0.4) is 0 Å². The van der Waals surface area contributed by atoms with Crippen LogP contribution >= 0.6 is 11.8 Å². The molecule has 0 unspecified atom stereocenters. The molecule has 6 heteroatoms. The lowest BCUT2D eigenvalue weighted by molar-refractivity contribution is 0.0394. The number of nitrogens with zero attached hydrogens (tertiary/aromatic N) is 3. The van der Waals surface area contributed by atoms with Crippen molar-refractivity contribution in [3.63, 3.8) is 0 Å². The van der Waals surface area contributed by atoms with E-state index in [-0.39, 0.29) is 0 Å². The molecule has 0 bridgehead atoms. The van der Waals surface area contributed by atoms with Crippen molar-refractivity contribution in [1.29, 1.82) is 0 Å². The summed E-state index contributed by atoms with van der Waals surface area (Å²) in [6, 6.07) is 27.3. The number of nitrogens with one attached hydrogen (secondary N) is 1. The van der Waals surface area contributed by atoms with Crippen LogP contribution in [0, 0.1) is 0 Å². The van der Waals surface area contributed by atoms with Crippen molar-refractivity contribution in [2.75, 3.05) is 44.7 Å². The number of para-hydroxylation sites is 2. The van der Waals surface area contributed by atoms with Crippen molar-refractivity contribution in [3.8, 4) is 0 Å². The van der Waals surface area contributed by atoms with E-state index in [4.69, 9.17) is 14.7 Å². The normalized spacial score (nSPS) is 17.7. The molecule has 3 aromatic rings. The van der Waals surface area contributed by atoms with E-state index < -0.39 is 0 Å².